The fraction of sp³-hybridized carbons (Fsp3) is 0. The molecule has 4 heteroatoms. The van der Waals surface area contributed by atoms with Crippen molar-refractivity contribution < 1.29 is 8.83 Å². The first-order valence-corrected chi connectivity index (χ1v) is 15.0. The van der Waals surface area contributed by atoms with E-state index in [2.05, 4.69) is 114 Å². The third-order valence-corrected chi connectivity index (χ3v) is 8.45. The number of benzene rings is 7. The molecule has 0 aliphatic heterocycles. The third kappa shape index (κ3) is 4.35. The maximum absolute atomic E-state index is 6.49. The minimum absolute atomic E-state index is 0.596. The highest BCUT2D eigenvalue weighted by Crippen LogP contribution is 2.45. The lowest BCUT2D eigenvalue weighted by Gasteiger charge is -2.27. The van der Waals surface area contributed by atoms with E-state index in [-0.39, 0.29) is 0 Å². The molecule has 0 amide bonds. The molecule has 0 saturated heterocycles. The molecule has 212 valence electrons. The van der Waals surface area contributed by atoms with Crippen LogP contribution < -0.4 is 4.90 Å². The zero-order chi connectivity index (χ0) is 29.7. The van der Waals surface area contributed by atoms with E-state index in [1.54, 1.807) is 0 Å². The maximum Gasteiger partial charge on any atom is 0.227 e. The Kier molecular flexibility index (Phi) is 5.78. The Labute approximate surface area is 259 Å². The fourth-order valence-corrected chi connectivity index (χ4v) is 6.32. The van der Waals surface area contributed by atoms with Gasteiger partial charge in [0.15, 0.2) is 5.58 Å². The van der Waals surface area contributed by atoms with E-state index in [1.807, 2.05) is 48.5 Å². The number of hydrogen-bond acceptors (Lipinski definition) is 4. The second kappa shape index (κ2) is 10.2. The Morgan fingerprint density at radius 2 is 1.16 bits per heavy atom. The van der Waals surface area contributed by atoms with Crippen molar-refractivity contribution in [2.24, 2.45) is 0 Å². The van der Waals surface area contributed by atoms with Gasteiger partial charge in [0.25, 0.3) is 0 Å². The molecule has 45 heavy (non-hydrogen) atoms. The summed E-state index contributed by atoms with van der Waals surface area (Å²) in [6, 6.07) is 54.6. The highest BCUT2D eigenvalue weighted by molar-refractivity contribution is 6.15. The Morgan fingerprint density at radius 1 is 0.444 bits per heavy atom. The van der Waals surface area contributed by atoms with E-state index < -0.39 is 0 Å². The first kappa shape index (κ1) is 25.4. The number of anilines is 3. The maximum atomic E-state index is 6.49. The fourth-order valence-electron chi connectivity index (χ4n) is 6.32. The summed E-state index contributed by atoms with van der Waals surface area (Å²) in [7, 11) is 0. The molecule has 7 aromatic carbocycles. The summed E-state index contributed by atoms with van der Waals surface area (Å²) in [5, 5.41) is 4.38. The van der Waals surface area contributed by atoms with Gasteiger partial charge >= 0.3 is 0 Å². The number of hydrogen-bond donors (Lipinski definition) is 0. The van der Waals surface area contributed by atoms with Crippen molar-refractivity contribution in [2.75, 3.05) is 4.90 Å². The molecule has 9 aromatic rings. The van der Waals surface area contributed by atoms with Gasteiger partial charge in [0.05, 0.1) is 11.1 Å². The van der Waals surface area contributed by atoms with Crippen molar-refractivity contribution >= 4 is 60.9 Å². The molecule has 0 aliphatic rings. The molecular formula is C41H26N2O2. The molecule has 0 radical (unpaired) electrons. The summed E-state index contributed by atoms with van der Waals surface area (Å²) in [6.45, 7) is 0. The van der Waals surface area contributed by atoms with Crippen LogP contribution in [0.1, 0.15) is 0 Å². The molecule has 0 saturated carbocycles. The second-order valence-corrected chi connectivity index (χ2v) is 11.2. The van der Waals surface area contributed by atoms with Crippen LogP contribution in [-0.2, 0) is 0 Å². The second-order valence-electron chi connectivity index (χ2n) is 11.2. The zero-order valence-corrected chi connectivity index (χ0v) is 24.2. The van der Waals surface area contributed by atoms with E-state index in [0.29, 0.717) is 5.89 Å². The molecule has 0 bridgehead atoms. The summed E-state index contributed by atoms with van der Waals surface area (Å²) in [4.78, 5) is 7.12. The van der Waals surface area contributed by atoms with Crippen molar-refractivity contribution in [3.05, 3.63) is 158 Å². The Hall–Kier alpha value is -6.13. The minimum atomic E-state index is 0.596. The normalized spacial score (nSPS) is 11.6. The van der Waals surface area contributed by atoms with Gasteiger partial charge in [-0.1, -0.05) is 97.1 Å². The van der Waals surface area contributed by atoms with Crippen LogP contribution in [0.2, 0.25) is 0 Å². The van der Waals surface area contributed by atoms with E-state index in [9.17, 15) is 0 Å². The van der Waals surface area contributed by atoms with Gasteiger partial charge in [-0.3, -0.25) is 0 Å². The van der Waals surface area contributed by atoms with Crippen LogP contribution in [0.3, 0.4) is 0 Å². The van der Waals surface area contributed by atoms with E-state index in [0.717, 1.165) is 61.2 Å². The van der Waals surface area contributed by atoms with Crippen molar-refractivity contribution in [2.45, 2.75) is 0 Å². The number of fused-ring (bicyclic) bond motifs is 5. The Bertz CT molecular complexity index is 2490. The van der Waals surface area contributed by atoms with Crippen LogP contribution in [-0.4, -0.2) is 4.98 Å². The first-order chi connectivity index (χ1) is 22.3. The van der Waals surface area contributed by atoms with Gasteiger partial charge in [0.2, 0.25) is 5.89 Å². The molecule has 0 aliphatic carbocycles. The topological polar surface area (TPSA) is 42.4 Å². The highest BCUT2D eigenvalue weighted by Gasteiger charge is 2.21. The standard InChI is InChI=1S/C41H26N2O2/c1-3-11-27(12-4-1)31-17-9-18-32(23-31)43(33-22-21-28-13-7-8-16-30(28)24-33)36-19-10-20-37-40(36)34-25-39-35(26-38(34)44-37)42-41(45-39)29-14-5-2-6-15-29/h1-26H. The summed E-state index contributed by atoms with van der Waals surface area (Å²) in [5.74, 6) is 0.596. The quantitative estimate of drug-likeness (QED) is 0.204. The number of oxazole rings is 1. The lowest BCUT2D eigenvalue weighted by atomic mass is 10.0. The van der Waals surface area contributed by atoms with Crippen LogP contribution in [0.25, 0.3) is 66.4 Å². The largest absolute Gasteiger partial charge is 0.456 e. The number of rotatable bonds is 5. The number of nitrogens with zero attached hydrogens (tertiary/aromatic N) is 2. The Balaban J connectivity index is 1.29. The van der Waals surface area contributed by atoms with Crippen LogP contribution in [0.5, 0.6) is 0 Å². The van der Waals surface area contributed by atoms with E-state index in [1.165, 1.54) is 16.3 Å². The van der Waals surface area contributed by atoms with Gasteiger partial charge in [0, 0.05) is 28.4 Å². The van der Waals surface area contributed by atoms with Gasteiger partial charge in [-0.2, -0.15) is 0 Å². The molecular weight excluding hydrogens is 552 g/mol. The van der Waals surface area contributed by atoms with E-state index in [4.69, 9.17) is 13.8 Å². The molecule has 2 heterocycles. The molecule has 0 unspecified atom stereocenters. The third-order valence-electron chi connectivity index (χ3n) is 8.45. The molecule has 2 aromatic heterocycles. The van der Waals surface area contributed by atoms with Crippen LogP contribution in [0.4, 0.5) is 17.1 Å². The minimum Gasteiger partial charge on any atom is -0.456 e. The summed E-state index contributed by atoms with van der Waals surface area (Å²) in [6.07, 6.45) is 0. The predicted octanol–water partition coefficient (Wildman–Crippen LogP) is 11.7. The Morgan fingerprint density at radius 3 is 2.00 bits per heavy atom. The lowest BCUT2D eigenvalue weighted by molar-refractivity contribution is 0.620. The smallest absolute Gasteiger partial charge is 0.227 e. The van der Waals surface area contributed by atoms with Gasteiger partial charge in [0.1, 0.15) is 16.7 Å². The average Bonchev–Trinajstić information content (AvgIpc) is 3.69. The first-order valence-electron chi connectivity index (χ1n) is 15.0. The average molecular weight is 579 g/mol. The number of aromatic nitrogens is 1. The van der Waals surface area contributed by atoms with Crippen molar-refractivity contribution in [1.82, 2.24) is 4.98 Å². The van der Waals surface area contributed by atoms with Gasteiger partial charge in [-0.05, 0) is 76.5 Å². The summed E-state index contributed by atoms with van der Waals surface area (Å²) >= 11 is 0. The SMILES string of the molecule is c1ccc(-c2cccc(N(c3ccc4ccccc4c3)c3cccc4oc5cc6nc(-c7ccccc7)oc6cc5c34)c2)cc1. The number of furan rings is 1. The van der Waals surface area contributed by atoms with Gasteiger partial charge in [-0.25, -0.2) is 4.98 Å². The van der Waals surface area contributed by atoms with Crippen LogP contribution in [0.15, 0.2) is 167 Å². The molecule has 4 nitrogen and oxygen atoms in total. The van der Waals surface area contributed by atoms with Gasteiger partial charge in [-0.15, -0.1) is 0 Å². The van der Waals surface area contributed by atoms with Gasteiger partial charge < -0.3 is 13.7 Å². The van der Waals surface area contributed by atoms with E-state index >= 15 is 0 Å². The monoisotopic (exact) mass is 578 g/mol. The molecule has 0 N–H and O–H groups in total. The van der Waals surface area contributed by atoms with Crippen LogP contribution in [0, 0.1) is 0 Å². The summed E-state index contributed by atoms with van der Waals surface area (Å²) < 4.78 is 12.8. The molecule has 0 atom stereocenters. The predicted molar refractivity (Wildman–Crippen MR) is 184 cm³/mol. The summed E-state index contributed by atoms with van der Waals surface area (Å²) in [5.41, 5.74) is 9.48. The highest BCUT2D eigenvalue weighted by atomic mass is 16.4. The lowest BCUT2D eigenvalue weighted by Crippen LogP contribution is -2.10. The zero-order valence-electron chi connectivity index (χ0n) is 24.2. The van der Waals surface area contributed by atoms with Crippen molar-refractivity contribution in [3.8, 4) is 22.6 Å². The molecule has 0 fully saturated rings. The van der Waals surface area contributed by atoms with Crippen LogP contribution >= 0.6 is 0 Å². The molecule has 0 spiro atoms. The molecule has 9 rings (SSSR count). The van der Waals surface area contributed by atoms with Crippen molar-refractivity contribution in [1.29, 1.82) is 0 Å². The van der Waals surface area contributed by atoms with Crippen molar-refractivity contribution in [3.63, 3.8) is 0 Å².